The zero-order valence-corrected chi connectivity index (χ0v) is 15.5. The zero-order chi connectivity index (χ0) is 18.7. The van der Waals surface area contributed by atoms with Gasteiger partial charge in [0.25, 0.3) is 5.56 Å². The lowest BCUT2D eigenvalue weighted by molar-refractivity contribution is 0.680. The van der Waals surface area contributed by atoms with Gasteiger partial charge in [-0.05, 0) is 31.5 Å². The Hall–Kier alpha value is -2.71. The van der Waals surface area contributed by atoms with Crippen molar-refractivity contribution in [3.8, 4) is 0 Å². The number of aromatic nitrogens is 5. The van der Waals surface area contributed by atoms with Crippen LogP contribution in [0.2, 0.25) is 10.2 Å². The van der Waals surface area contributed by atoms with E-state index in [0.29, 0.717) is 22.3 Å². The highest BCUT2D eigenvalue weighted by molar-refractivity contribution is 6.32. The smallest absolute Gasteiger partial charge is 0.274 e. The molecule has 1 aromatic carbocycles. The Bertz CT molecular complexity index is 1010. The molecule has 8 nitrogen and oxygen atoms in total. The predicted octanol–water partition coefficient (Wildman–Crippen LogP) is 2.78. The first-order valence-electron chi connectivity index (χ1n) is 7.64. The van der Waals surface area contributed by atoms with Crippen molar-refractivity contribution < 1.29 is 0 Å². The lowest BCUT2D eigenvalue weighted by Gasteiger charge is -2.03. The monoisotopic (exact) mass is 391 g/mol. The lowest BCUT2D eigenvalue weighted by atomic mass is 10.2. The summed E-state index contributed by atoms with van der Waals surface area (Å²) in [6.07, 6.45) is 1.52. The molecule has 26 heavy (non-hydrogen) atoms. The maximum atomic E-state index is 11.5. The summed E-state index contributed by atoms with van der Waals surface area (Å²) in [5, 5.41) is 17.1. The third kappa shape index (κ3) is 4.09. The molecule has 0 bridgehead atoms. The van der Waals surface area contributed by atoms with Crippen LogP contribution in [0.3, 0.4) is 0 Å². The van der Waals surface area contributed by atoms with E-state index in [1.165, 1.54) is 6.21 Å². The van der Waals surface area contributed by atoms with Gasteiger partial charge in [-0.15, -0.1) is 10.2 Å². The van der Waals surface area contributed by atoms with Crippen molar-refractivity contribution in [2.45, 2.75) is 20.4 Å². The van der Waals surface area contributed by atoms with Crippen molar-refractivity contribution in [1.82, 2.24) is 25.0 Å². The highest BCUT2D eigenvalue weighted by Gasteiger charge is 2.12. The van der Waals surface area contributed by atoms with Gasteiger partial charge in [-0.1, -0.05) is 35.3 Å². The molecule has 0 aliphatic carbocycles. The molecule has 0 aliphatic rings. The molecule has 0 unspecified atom stereocenters. The Morgan fingerprint density at radius 1 is 1.19 bits per heavy atom. The number of nitrogens with one attached hydrogen (secondary N) is 2. The van der Waals surface area contributed by atoms with Crippen LogP contribution >= 0.6 is 23.2 Å². The molecule has 3 aromatic rings. The minimum Gasteiger partial charge on any atom is -0.288 e. The summed E-state index contributed by atoms with van der Waals surface area (Å²) >= 11 is 12.3. The standard InChI is InChI=1S/C16H15Cl2N7O/c1-9-13(7-19-22-16-20-15(26)10(2)21-23-16)14(18)25(24-9)8-11-3-5-12(17)6-4-11/h3-7H,8H2,1-2H3,(H2,20,22,23,26)/b19-7+. The molecule has 2 N–H and O–H groups in total. The van der Waals surface area contributed by atoms with E-state index in [1.807, 2.05) is 31.2 Å². The normalized spacial score (nSPS) is 11.2. The van der Waals surface area contributed by atoms with Gasteiger partial charge in [0.15, 0.2) is 0 Å². The fraction of sp³-hybridized carbons (Fsp3) is 0.188. The van der Waals surface area contributed by atoms with Gasteiger partial charge < -0.3 is 0 Å². The molecule has 0 fully saturated rings. The van der Waals surface area contributed by atoms with Gasteiger partial charge in [-0.25, -0.2) is 10.1 Å². The molecular weight excluding hydrogens is 377 g/mol. The van der Waals surface area contributed by atoms with Gasteiger partial charge >= 0.3 is 0 Å². The van der Waals surface area contributed by atoms with Crippen molar-refractivity contribution in [2.75, 3.05) is 5.43 Å². The third-order valence-electron chi connectivity index (χ3n) is 3.58. The summed E-state index contributed by atoms with van der Waals surface area (Å²) in [4.78, 5) is 14.0. The molecule has 2 heterocycles. The fourth-order valence-corrected chi connectivity index (χ4v) is 2.59. The van der Waals surface area contributed by atoms with E-state index in [-0.39, 0.29) is 17.2 Å². The van der Waals surface area contributed by atoms with E-state index < -0.39 is 0 Å². The largest absolute Gasteiger partial charge is 0.288 e. The maximum absolute atomic E-state index is 11.5. The van der Waals surface area contributed by atoms with Crippen LogP contribution in [0.5, 0.6) is 0 Å². The minimum atomic E-state index is -0.331. The highest BCUT2D eigenvalue weighted by atomic mass is 35.5. The summed E-state index contributed by atoms with van der Waals surface area (Å²) < 4.78 is 1.68. The van der Waals surface area contributed by atoms with Crippen LogP contribution in [-0.2, 0) is 6.54 Å². The van der Waals surface area contributed by atoms with E-state index in [4.69, 9.17) is 23.2 Å². The van der Waals surface area contributed by atoms with E-state index in [1.54, 1.807) is 11.6 Å². The average Bonchev–Trinajstić information content (AvgIpc) is 2.87. The van der Waals surface area contributed by atoms with Crippen LogP contribution in [0.4, 0.5) is 5.95 Å². The Kier molecular flexibility index (Phi) is 5.34. The van der Waals surface area contributed by atoms with Gasteiger partial charge in [0.2, 0.25) is 5.95 Å². The second-order valence-electron chi connectivity index (χ2n) is 5.53. The Balaban J connectivity index is 1.75. The lowest BCUT2D eigenvalue weighted by Crippen LogP contribution is -2.15. The van der Waals surface area contributed by atoms with Gasteiger partial charge in [0.05, 0.1) is 24.0 Å². The van der Waals surface area contributed by atoms with Crippen LogP contribution in [0, 0.1) is 13.8 Å². The first-order valence-corrected chi connectivity index (χ1v) is 8.39. The molecule has 2 aromatic heterocycles. The number of hydrazone groups is 1. The quantitative estimate of drug-likeness (QED) is 0.514. The average molecular weight is 392 g/mol. The van der Waals surface area contributed by atoms with Gasteiger partial charge in [0, 0.05) is 5.02 Å². The summed E-state index contributed by atoms with van der Waals surface area (Å²) in [6.45, 7) is 3.91. The Morgan fingerprint density at radius 3 is 2.62 bits per heavy atom. The number of hydrogen-bond acceptors (Lipinski definition) is 6. The number of rotatable bonds is 5. The molecule has 10 heteroatoms. The molecule has 0 saturated carbocycles. The summed E-state index contributed by atoms with van der Waals surface area (Å²) in [7, 11) is 0. The van der Waals surface area contributed by atoms with Crippen LogP contribution < -0.4 is 11.0 Å². The minimum absolute atomic E-state index is 0.138. The number of anilines is 1. The molecule has 0 radical (unpaired) electrons. The van der Waals surface area contributed by atoms with E-state index in [9.17, 15) is 4.79 Å². The third-order valence-corrected chi connectivity index (χ3v) is 4.23. The Labute approximate surface area is 158 Å². The Morgan fingerprint density at radius 2 is 1.92 bits per heavy atom. The SMILES string of the molecule is Cc1nn(Cc2ccc(Cl)cc2)c(Cl)c1/C=N/Nc1nnc(C)c(=O)[nH]1. The number of hydrogen-bond donors (Lipinski definition) is 2. The number of nitrogens with zero attached hydrogens (tertiary/aromatic N) is 5. The summed E-state index contributed by atoms with van der Waals surface area (Å²) in [5.74, 6) is 0.138. The number of aryl methyl sites for hydroxylation is 2. The van der Waals surface area contributed by atoms with Crippen LogP contribution in [-0.4, -0.2) is 31.2 Å². The molecule has 0 aliphatic heterocycles. The highest BCUT2D eigenvalue weighted by Crippen LogP contribution is 2.20. The number of H-pyrrole nitrogens is 1. The number of aromatic amines is 1. The molecule has 134 valence electrons. The molecule has 0 saturated heterocycles. The second-order valence-corrected chi connectivity index (χ2v) is 6.33. The number of benzene rings is 1. The van der Waals surface area contributed by atoms with Gasteiger partial charge in [-0.3, -0.25) is 9.78 Å². The van der Waals surface area contributed by atoms with E-state index in [2.05, 4.69) is 30.8 Å². The molecule has 0 spiro atoms. The van der Waals surface area contributed by atoms with Crippen LogP contribution in [0.15, 0.2) is 34.2 Å². The number of halogens is 2. The predicted molar refractivity (Wildman–Crippen MR) is 101 cm³/mol. The molecule has 0 atom stereocenters. The van der Waals surface area contributed by atoms with E-state index in [0.717, 1.165) is 11.3 Å². The van der Waals surface area contributed by atoms with E-state index >= 15 is 0 Å². The second kappa shape index (κ2) is 7.67. The van der Waals surface area contributed by atoms with Crippen LogP contribution in [0.25, 0.3) is 0 Å². The van der Waals surface area contributed by atoms with Crippen molar-refractivity contribution in [2.24, 2.45) is 5.10 Å². The topological polar surface area (TPSA) is 101 Å². The van der Waals surface area contributed by atoms with Gasteiger partial charge in [0.1, 0.15) is 10.8 Å². The molecular formula is C16H15Cl2N7O. The summed E-state index contributed by atoms with van der Waals surface area (Å²) in [5.41, 5.74) is 4.96. The zero-order valence-electron chi connectivity index (χ0n) is 14.0. The summed E-state index contributed by atoms with van der Waals surface area (Å²) in [6, 6.07) is 7.46. The van der Waals surface area contributed by atoms with Crippen molar-refractivity contribution >= 4 is 35.4 Å². The molecule has 0 amide bonds. The molecule has 3 rings (SSSR count). The first-order chi connectivity index (χ1) is 12.4. The fourth-order valence-electron chi connectivity index (χ4n) is 2.18. The first kappa shape index (κ1) is 18.1. The van der Waals surface area contributed by atoms with Crippen molar-refractivity contribution in [3.63, 3.8) is 0 Å². The van der Waals surface area contributed by atoms with Gasteiger partial charge in [-0.2, -0.15) is 10.2 Å². The maximum Gasteiger partial charge on any atom is 0.274 e. The van der Waals surface area contributed by atoms with Crippen molar-refractivity contribution in [1.29, 1.82) is 0 Å². The van der Waals surface area contributed by atoms with Crippen LogP contribution in [0.1, 0.15) is 22.5 Å². The van der Waals surface area contributed by atoms with Crippen molar-refractivity contribution in [3.05, 3.63) is 67.3 Å².